The van der Waals surface area contributed by atoms with Crippen LogP contribution < -0.4 is 14.8 Å². The van der Waals surface area contributed by atoms with E-state index < -0.39 is 10.0 Å². The molecule has 4 aromatic rings. The SMILES string of the molecule is COc1ccccc1CNc1ccc2nnc(CCNS(=O)(=O)c3cccc(C)c3)n2n1. The topological polar surface area (TPSA) is 111 Å². The van der Waals surface area contributed by atoms with E-state index in [1.54, 1.807) is 29.8 Å². The van der Waals surface area contributed by atoms with Crippen molar-refractivity contribution < 1.29 is 13.2 Å². The predicted octanol–water partition coefficient (Wildman–Crippen LogP) is 2.57. The van der Waals surface area contributed by atoms with Crippen LogP contribution in [0.25, 0.3) is 5.65 Å². The van der Waals surface area contributed by atoms with Gasteiger partial charge in [0.15, 0.2) is 11.5 Å². The van der Waals surface area contributed by atoms with Crippen molar-refractivity contribution in [2.24, 2.45) is 0 Å². The van der Waals surface area contributed by atoms with Crippen molar-refractivity contribution in [3.05, 3.63) is 77.6 Å². The fourth-order valence-corrected chi connectivity index (χ4v) is 4.42. The van der Waals surface area contributed by atoms with Gasteiger partial charge in [0.25, 0.3) is 0 Å². The average molecular weight is 453 g/mol. The van der Waals surface area contributed by atoms with Crippen LogP contribution in [-0.2, 0) is 23.0 Å². The van der Waals surface area contributed by atoms with E-state index in [2.05, 4.69) is 25.3 Å². The number of nitrogens with zero attached hydrogens (tertiary/aromatic N) is 4. The predicted molar refractivity (Wildman–Crippen MR) is 121 cm³/mol. The number of ether oxygens (including phenoxy) is 1. The molecular formula is C22H24N6O3S. The smallest absolute Gasteiger partial charge is 0.240 e. The van der Waals surface area contributed by atoms with Gasteiger partial charge in [-0.1, -0.05) is 30.3 Å². The summed E-state index contributed by atoms with van der Waals surface area (Å²) in [7, 11) is -1.96. The number of para-hydroxylation sites is 1. The molecule has 0 saturated heterocycles. The second kappa shape index (κ2) is 9.33. The standard InChI is InChI=1S/C22H24N6O3S/c1-16-6-5-8-18(14-16)32(29,30)24-13-12-22-26-25-21-11-10-20(27-28(21)22)23-15-17-7-3-4-9-19(17)31-2/h3-11,14,24H,12-13,15H2,1-2H3,(H,23,27). The minimum atomic E-state index is -3.60. The second-order valence-corrected chi connectivity index (χ2v) is 9.00. The first-order valence-electron chi connectivity index (χ1n) is 10.1. The molecule has 0 atom stereocenters. The van der Waals surface area contributed by atoms with Crippen molar-refractivity contribution in [2.75, 3.05) is 19.0 Å². The zero-order valence-corrected chi connectivity index (χ0v) is 18.6. The lowest BCUT2D eigenvalue weighted by atomic mass is 10.2. The number of hydrogen-bond donors (Lipinski definition) is 2. The summed E-state index contributed by atoms with van der Waals surface area (Å²) >= 11 is 0. The Balaban J connectivity index is 1.43. The van der Waals surface area contributed by atoms with Crippen LogP contribution >= 0.6 is 0 Å². The maximum atomic E-state index is 12.5. The zero-order valence-electron chi connectivity index (χ0n) is 17.8. The Hall–Kier alpha value is -3.50. The van der Waals surface area contributed by atoms with Gasteiger partial charge in [-0.15, -0.1) is 15.3 Å². The van der Waals surface area contributed by atoms with Gasteiger partial charge in [-0.2, -0.15) is 4.52 Å². The molecule has 0 aliphatic rings. The number of sulfonamides is 1. The number of nitrogens with one attached hydrogen (secondary N) is 2. The van der Waals surface area contributed by atoms with Gasteiger partial charge in [0, 0.05) is 25.1 Å². The number of aryl methyl sites for hydroxylation is 1. The van der Waals surface area contributed by atoms with E-state index in [1.165, 1.54) is 0 Å². The Morgan fingerprint density at radius 1 is 1.03 bits per heavy atom. The zero-order chi connectivity index (χ0) is 22.6. The van der Waals surface area contributed by atoms with Crippen LogP contribution in [0, 0.1) is 6.92 Å². The number of rotatable bonds is 9. The van der Waals surface area contributed by atoms with Crippen molar-refractivity contribution in [2.45, 2.75) is 24.8 Å². The first kappa shape index (κ1) is 21.7. The summed E-state index contributed by atoms with van der Waals surface area (Å²) in [6.45, 7) is 2.57. The van der Waals surface area contributed by atoms with E-state index in [9.17, 15) is 8.42 Å². The number of fused-ring (bicyclic) bond motifs is 1. The lowest BCUT2D eigenvalue weighted by Gasteiger charge is -2.10. The van der Waals surface area contributed by atoms with Crippen LogP contribution in [0.4, 0.5) is 5.82 Å². The molecule has 2 aromatic heterocycles. The van der Waals surface area contributed by atoms with Crippen LogP contribution in [0.15, 0.2) is 65.6 Å². The van der Waals surface area contributed by atoms with Gasteiger partial charge in [-0.25, -0.2) is 13.1 Å². The third-order valence-electron chi connectivity index (χ3n) is 4.92. The Labute approximate surface area is 186 Å². The fourth-order valence-electron chi connectivity index (χ4n) is 3.28. The summed E-state index contributed by atoms with van der Waals surface area (Å²) in [5, 5.41) is 16.1. The summed E-state index contributed by atoms with van der Waals surface area (Å²) < 4.78 is 34.6. The van der Waals surface area contributed by atoms with E-state index in [-0.39, 0.29) is 11.4 Å². The van der Waals surface area contributed by atoms with Gasteiger partial charge in [-0.05, 0) is 42.8 Å². The maximum Gasteiger partial charge on any atom is 0.240 e. The lowest BCUT2D eigenvalue weighted by molar-refractivity contribution is 0.410. The molecule has 2 N–H and O–H groups in total. The summed E-state index contributed by atoms with van der Waals surface area (Å²) in [5.41, 5.74) is 2.48. The van der Waals surface area contributed by atoms with Crippen molar-refractivity contribution in [3.63, 3.8) is 0 Å². The molecule has 0 unspecified atom stereocenters. The van der Waals surface area contributed by atoms with Crippen LogP contribution in [0.5, 0.6) is 5.75 Å². The molecule has 0 aliphatic heterocycles. The first-order valence-corrected chi connectivity index (χ1v) is 11.6. The molecule has 0 bridgehead atoms. The lowest BCUT2D eigenvalue weighted by Crippen LogP contribution is -2.26. The maximum absolute atomic E-state index is 12.5. The Bertz CT molecular complexity index is 1340. The summed E-state index contributed by atoms with van der Waals surface area (Å²) in [5.74, 6) is 2.00. The molecule has 0 amide bonds. The molecule has 32 heavy (non-hydrogen) atoms. The van der Waals surface area contributed by atoms with Crippen molar-refractivity contribution in [1.29, 1.82) is 0 Å². The third kappa shape index (κ3) is 4.87. The minimum Gasteiger partial charge on any atom is -0.496 e. The third-order valence-corrected chi connectivity index (χ3v) is 6.38. The number of anilines is 1. The largest absolute Gasteiger partial charge is 0.496 e. The molecule has 0 aliphatic carbocycles. The Morgan fingerprint density at radius 3 is 2.69 bits per heavy atom. The van der Waals surface area contributed by atoms with Crippen molar-refractivity contribution >= 4 is 21.5 Å². The molecule has 0 spiro atoms. The van der Waals surface area contributed by atoms with Crippen LogP contribution in [0.1, 0.15) is 17.0 Å². The number of aromatic nitrogens is 4. The van der Waals surface area contributed by atoms with Gasteiger partial charge in [-0.3, -0.25) is 0 Å². The van der Waals surface area contributed by atoms with E-state index in [1.807, 2.05) is 49.4 Å². The Morgan fingerprint density at radius 2 is 1.88 bits per heavy atom. The van der Waals surface area contributed by atoms with Gasteiger partial charge >= 0.3 is 0 Å². The molecule has 10 heteroatoms. The van der Waals surface area contributed by atoms with E-state index >= 15 is 0 Å². The molecule has 2 heterocycles. The minimum absolute atomic E-state index is 0.178. The summed E-state index contributed by atoms with van der Waals surface area (Å²) in [6, 6.07) is 18.2. The quantitative estimate of drug-likeness (QED) is 0.402. The van der Waals surface area contributed by atoms with E-state index in [0.29, 0.717) is 30.3 Å². The van der Waals surface area contributed by atoms with Gasteiger partial charge in [0.05, 0.1) is 12.0 Å². The summed E-state index contributed by atoms with van der Waals surface area (Å²) in [6.07, 6.45) is 0.342. The first-order chi connectivity index (χ1) is 15.5. The normalized spacial score (nSPS) is 11.6. The van der Waals surface area contributed by atoms with Gasteiger partial charge in [0.1, 0.15) is 11.6 Å². The molecule has 166 valence electrons. The highest BCUT2D eigenvalue weighted by atomic mass is 32.2. The molecule has 0 saturated carbocycles. The van der Waals surface area contributed by atoms with Crippen molar-refractivity contribution in [3.8, 4) is 5.75 Å². The molecule has 2 aromatic carbocycles. The average Bonchev–Trinajstić information content (AvgIpc) is 3.20. The van der Waals surface area contributed by atoms with Crippen LogP contribution in [0.3, 0.4) is 0 Å². The monoisotopic (exact) mass is 452 g/mol. The van der Waals surface area contributed by atoms with Gasteiger partial charge in [0.2, 0.25) is 10.0 Å². The summed E-state index contributed by atoms with van der Waals surface area (Å²) in [4.78, 5) is 0.240. The van der Waals surface area contributed by atoms with Crippen LogP contribution in [-0.4, -0.2) is 41.9 Å². The number of methoxy groups -OCH3 is 1. The number of hydrogen-bond acceptors (Lipinski definition) is 7. The van der Waals surface area contributed by atoms with E-state index in [4.69, 9.17) is 4.74 Å². The molecule has 0 radical (unpaired) electrons. The highest BCUT2D eigenvalue weighted by Crippen LogP contribution is 2.18. The van der Waals surface area contributed by atoms with E-state index in [0.717, 1.165) is 16.9 Å². The fraction of sp³-hybridized carbons (Fsp3) is 0.227. The van der Waals surface area contributed by atoms with Gasteiger partial charge < -0.3 is 10.1 Å². The highest BCUT2D eigenvalue weighted by Gasteiger charge is 2.15. The Kier molecular flexibility index (Phi) is 6.33. The highest BCUT2D eigenvalue weighted by molar-refractivity contribution is 7.89. The van der Waals surface area contributed by atoms with Crippen molar-refractivity contribution in [1.82, 2.24) is 24.5 Å². The second-order valence-electron chi connectivity index (χ2n) is 7.23. The molecule has 9 nitrogen and oxygen atoms in total. The molecular weight excluding hydrogens is 428 g/mol. The number of benzene rings is 2. The molecule has 0 fully saturated rings. The molecule has 4 rings (SSSR count). The van der Waals surface area contributed by atoms with Crippen LogP contribution in [0.2, 0.25) is 0 Å².